The topological polar surface area (TPSA) is 76.6 Å². The van der Waals surface area contributed by atoms with Crippen LogP contribution in [0, 0.1) is 5.82 Å². The van der Waals surface area contributed by atoms with E-state index < -0.39 is 0 Å². The van der Waals surface area contributed by atoms with Crippen LogP contribution < -0.4 is 15.0 Å². The molecule has 0 unspecified atom stereocenters. The van der Waals surface area contributed by atoms with E-state index >= 15 is 0 Å². The Labute approximate surface area is 167 Å². The van der Waals surface area contributed by atoms with Gasteiger partial charge in [-0.15, -0.1) is 0 Å². The van der Waals surface area contributed by atoms with E-state index in [4.69, 9.17) is 9.47 Å². The van der Waals surface area contributed by atoms with Crippen molar-refractivity contribution in [1.82, 2.24) is 9.97 Å². The van der Waals surface area contributed by atoms with E-state index in [1.165, 1.54) is 30.5 Å². The molecule has 1 saturated heterocycles. The second kappa shape index (κ2) is 8.66. The van der Waals surface area contributed by atoms with Crippen molar-refractivity contribution in [2.75, 3.05) is 36.5 Å². The van der Waals surface area contributed by atoms with Crippen LogP contribution in [0.2, 0.25) is 0 Å². The molecule has 1 N–H and O–H groups in total. The lowest BCUT2D eigenvalue weighted by atomic mass is 10.2. The summed E-state index contributed by atoms with van der Waals surface area (Å²) in [6.45, 7) is 2.59. The first-order valence-electron chi connectivity index (χ1n) is 9.17. The number of aromatic nitrogens is 2. The number of morpholine rings is 1. The third kappa shape index (κ3) is 4.67. The summed E-state index contributed by atoms with van der Waals surface area (Å²) in [4.78, 5) is 23.4. The van der Waals surface area contributed by atoms with Crippen molar-refractivity contribution in [2.45, 2.75) is 0 Å². The minimum atomic E-state index is -0.338. The van der Waals surface area contributed by atoms with Crippen molar-refractivity contribution < 1.29 is 18.7 Å². The summed E-state index contributed by atoms with van der Waals surface area (Å²) in [6.07, 6.45) is 3.17. The number of carbonyl (C=O) groups excluding carboxylic acids is 1. The smallest absolute Gasteiger partial charge is 0.259 e. The van der Waals surface area contributed by atoms with Crippen LogP contribution in [0.4, 0.5) is 15.9 Å². The normalized spacial score (nSPS) is 13.8. The molecule has 1 amide bonds. The van der Waals surface area contributed by atoms with E-state index in [2.05, 4.69) is 15.3 Å². The van der Waals surface area contributed by atoms with Gasteiger partial charge >= 0.3 is 0 Å². The number of pyridine rings is 2. The van der Waals surface area contributed by atoms with E-state index in [0.29, 0.717) is 55.0 Å². The molecule has 29 heavy (non-hydrogen) atoms. The highest BCUT2D eigenvalue weighted by Crippen LogP contribution is 2.22. The van der Waals surface area contributed by atoms with E-state index in [0.717, 1.165) is 0 Å². The van der Waals surface area contributed by atoms with Crippen molar-refractivity contribution in [3.8, 4) is 11.6 Å². The maximum atomic E-state index is 13.0. The first-order chi connectivity index (χ1) is 14.2. The maximum absolute atomic E-state index is 13.0. The molecular weight excluding hydrogens is 375 g/mol. The van der Waals surface area contributed by atoms with Crippen molar-refractivity contribution in [3.63, 3.8) is 0 Å². The summed E-state index contributed by atoms with van der Waals surface area (Å²) < 4.78 is 23.9. The van der Waals surface area contributed by atoms with Crippen LogP contribution in [0.1, 0.15) is 10.4 Å². The zero-order valence-electron chi connectivity index (χ0n) is 15.5. The van der Waals surface area contributed by atoms with E-state index in [1.54, 1.807) is 30.5 Å². The quantitative estimate of drug-likeness (QED) is 0.714. The number of benzene rings is 1. The molecule has 0 saturated carbocycles. The van der Waals surface area contributed by atoms with Gasteiger partial charge in [0, 0.05) is 25.4 Å². The SMILES string of the molecule is O=C(Nc1ccc(Oc2ccc(F)cc2)nc1)c1cccnc1N1CCOCC1. The van der Waals surface area contributed by atoms with Crippen LogP contribution in [-0.4, -0.2) is 42.2 Å². The van der Waals surface area contributed by atoms with Crippen molar-refractivity contribution in [1.29, 1.82) is 0 Å². The number of halogens is 1. The van der Waals surface area contributed by atoms with Crippen molar-refractivity contribution in [3.05, 3.63) is 72.3 Å². The number of nitrogens with zero attached hydrogens (tertiary/aromatic N) is 3. The molecule has 1 aliphatic rings. The fraction of sp³-hybridized carbons (Fsp3) is 0.190. The zero-order chi connectivity index (χ0) is 20.1. The maximum Gasteiger partial charge on any atom is 0.259 e. The zero-order valence-corrected chi connectivity index (χ0v) is 15.5. The van der Waals surface area contributed by atoms with Gasteiger partial charge in [0.05, 0.1) is 30.7 Å². The molecule has 8 heteroatoms. The molecule has 3 heterocycles. The monoisotopic (exact) mass is 394 g/mol. The van der Waals surface area contributed by atoms with Gasteiger partial charge in [0.25, 0.3) is 5.91 Å². The van der Waals surface area contributed by atoms with E-state index in [9.17, 15) is 9.18 Å². The standard InChI is InChI=1S/C21H19FN4O3/c22-15-3-6-17(7-4-15)29-19-8-5-16(14-24-19)25-21(27)18-2-1-9-23-20(18)26-10-12-28-13-11-26/h1-9,14H,10-13H2,(H,25,27). The van der Waals surface area contributed by atoms with Crippen LogP contribution in [-0.2, 0) is 4.74 Å². The molecule has 1 fully saturated rings. The summed E-state index contributed by atoms with van der Waals surface area (Å²) in [5, 5.41) is 2.83. The van der Waals surface area contributed by atoms with Gasteiger partial charge in [0.1, 0.15) is 17.4 Å². The molecule has 7 nitrogen and oxygen atoms in total. The number of hydrogen-bond acceptors (Lipinski definition) is 6. The van der Waals surface area contributed by atoms with Crippen LogP contribution >= 0.6 is 0 Å². The fourth-order valence-corrected chi connectivity index (χ4v) is 2.94. The molecule has 3 aromatic rings. The van der Waals surface area contributed by atoms with E-state index in [1.807, 2.05) is 4.90 Å². The third-order valence-corrected chi connectivity index (χ3v) is 4.37. The van der Waals surface area contributed by atoms with Crippen molar-refractivity contribution in [2.24, 2.45) is 0 Å². The number of hydrogen-bond donors (Lipinski definition) is 1. The average molecular weight is 394 g/mol. The molecule has 0 aliphatic carbocycles. The lowest BCUT2D eigenvalue weighted by Crippen LogP contribution is -2.38. The Kier molecular flexibility index (Phi) is 5.62. The van der Waals surface area contributed by atoms with Gasteiger partial charge in [0.2, 0.25) is 5.88 Å². The largest absolute Gasteiger partial charge is 0.439 e. The van der Waals surface area contributed by atoms with Crippen LogP contribution in [0.3, 0.4) is 0 Å². The molecule has 148 valence electrons. The molecule has 0 spiro atoms. The van der Waals surface area contributed by atoms with Gasteiger partial charge in [0.15, 0.2) is 0 Å². The Bertz CT molecular complexity index is 974. The van der Waals surface area contributed by atoms with Gasteiger partial charge in [-0.2, -0.15) is 0 Å². The minimum Gasteiger partial charge on any atom is -0.439 e. The average Bonchev–Trinajstić information content (AvgIpc) is 2.77. The van der Waals surface area contributed by atoms with Gasteiger partial charge in [-0.1, -0.05) is 0 Å². The molecular formula is C21H19FN4O3. The minimum absolute atomic E-state index is 0.270. The van der Waals surface area contributed by atoms with Crippen molar-refractivity contribution >= 4 is 17.4 Å². The molecule has 0 radical (unpaired) electrons. The fourth-order valence-electron chi connectivity index (χ4n) is 2.94. The highest BCUT2D eigenvalue weighted by molar-refractivity contribution is 6.07. The third-order valence-electron chi connectivity index (χ3n) is 4.37. The molecule has 4 rings (SSSR count). The highest BCUT2D eigenvalue weighted by Gasteiger charge is 2.20. The number of anilines is 2. The first-order valence-corrected chi connectivity index (χ1v) is 9.17. The summed E-state index contributed by atoms with van der Waals surface area (Å²) in [6, 6.07) is 12.4. The van der Waals surface area contributed by atoms with Crippen LogP contribution in [0.5, 0.6) is 11.6 Å². The summed E-state index contributed by atoms with van der Waals surface area (Å²) in [5.74, 6) is 0.840. The lowest BCUT2D eigenvalue weighted by molar-refractivity contribution is 0.102. The summed E-state index contributed by atoms with van der Waals surface area (Å²) in [5.41, 5.74) is 1.01. The number of ether oxygens (including phenoxy) is 2. The predicted molar refractivity (Wildman–Crippen MR) is 106 cm³/mol. The molecule has 0 bridgehead atoms. The van der Waals surface area contributed by atoms with Gasteiger partial charge in [-0.3, -0.25) is 4.79 Å². The number of rotatable bonds is 5. The second-order valence-corrected chi connectivity index (χ2v) is 6.37. The van der Waals surface area contributed by atoms with Gasteiger partial charge in [-0.05, 0) is 42.5 Å². The highest BCUT2D eigenvalue weighted by atomic mass is 19.1. The Morgan fingerprint density at radius 1 is 1.07 bits per heavy atom. The molecule has 2 aromatic heterocycles. The lowest BCUT2D eigenvalue weighted by Gasteiger charge is -2.29. The van der Waals surface area contributed by atoms with Gasteiger partial charge < -0.3 is 19.7 Å². The summed E-state index contributed by atoms with van der Waals surface area (Å²) >= 11 is 0. The second-order valence-electron chi connectivity index (χ2n) is 6.37. The number of amides is 1. The Hall–Kier alpha value is -3.52. The summed E-state index contributed by atoms with van der Waals surface area (Å²) in [7, 11) is 0. The number of nitrogens with one attached hydrogen (secondary N) is 1. The Balaban J connectivity index is 1.44. The Morgan fingerprint density at radius 2 is 1.86 bits per heavy atom. The van der Waals surface area contributed by atoms with Gasteiger partial charge in [-0.25, -0.2) is 14.4 Å². The molecule has 1 aromatic carbocycles. The first kappa shape index (κ1) is 18.8. The Morgan fingerprint density at radius 3 is 2.59 bits per heavy atom. The van der Waals surface area contributed by atoms with Crippen LogP contribution in [0.15, 0.2) is 60.9 Å². The predicted octanol–water partition coefficient (Wildman–Crippen LogP) is 3.50. The molecule has 0 atom stereocenters. The van der Waals surface area contributed by atoms with E-state index in [-0.39, 0.29) is 11.7 Å². The molecule has 1 aliphatic heterocycles. The number of carbonyl (C=O) groups is 1. The van der Waals surface area contributed by atoms with Crippen LogP contribution in [0.25, 0.3) is 0 Å².